The van der Waals surface area contributed by atoms with Gasteiger partial charge in [0, 0.05) is 35.8 Å². The summed E-state index contributed by atoms with van der Waals surface area (Å²) >= 11 is 0. The van der Waals surface area contributed by atoms with Crippen molar-refractivity contribution < 1.29 is 9.53 Å². The first-order chi connectivity index (χ1) is 11.7. The fraction of sp³-hybridized carbons (Fsp3) is 0.111. The highest BCUT2D eigenvalue weighted by molar-refractivity contribution is 5.69. The van der Waals surface area contributed by atoms with Crippen molar-refractivity contribution in [3.63, 3.8) is 0 Å². The van der Waals surface area contributed by atoms with Crippen molar-refractivity contribution in [2.45, 2.75) is 13.8 Å². The van der Waals surface area contributed by atoms with Gasteiger partial charge in [0.2, 0.25) is 6.41 Å². The van der Waals surface area contributed by atoms with E-state index in [2.05, 4.69) is 20.3 Å². The van der Waals surface area contributed by atoms with Crippen LogP contribution in [-0.2, 0) is 4.79 Å². The molecule has 0 aliphatic heterocycles. The molecule has 3 rings (SSSR count). The first kappa shape index (κ1) is 15.6. The van der Waals surface area contributed by atoms with E-state index in [0.29, 0.717) is 29.4 Å². The Balaban J connectivity index is 1.90. The van der Waals surface area contributed by atoms with Gasteiger partial charge in [0.25, 0.3) is 0 Å². The predicted octanol–water partition coefficient (Wildman–Crippen LogP) is 3.52. The van der Waals surface area contributed by atoms with Gasteiger partial charge in [-0.1, -0.05) is 0 Å². The lowest BCUT2D eigenvalue weighted by Crippen LogP contribution is -1.99. The molecule has 0 aliphatic rings. The molecule has 1 N–H and O–H groups in total. The summed E-state index contributed by atoms with van der Waals surface area (Å²) in [6, 6.07) is 11.0. The number of nitrogens with one attached hydrogen (secondary N) is 1. The SMILES string of the molecule is Cc1cc(Oc2ccc(NC=O)nc2C)cc(-c2cccnc2)n1. The van der Waals surface area contributed by atoms with Crippen LogP contribution in [0.15, 0.2) is 48.8 Å². The third-order valence-electron chi connectivity index (χ3n) is 3.36. The quantitative estimate of drug-likeness (QED) is 0.728. The fourth-order valence-corrected chi connectivity index (χ4v) is 2.28. The van der Waals surface area contributed by atoms with Crippen molar-refractivity contribution >= 4 is 12.2 Å². The summed E-state index contributed by atoms with van der Waals surface area (Å²) in [6.07, 6.45) is 4.08. The molecule has 0 radical (unpaired) electrons. The minimum absolute atomic E-state index is 0.483. The minimum Gasteiger partial charge on any atom is -0.455 e. The van der Waals surface area contributed by atoms with E-state index in [4.69, 9.17) is 4.74 Å². The Labute approximate surface area is 139 Å². The molecule has 6 nitrogen and oxygen atoms in total. The normalized spacial score (nSPS) is 10.2. The molecule has 0 atom stereocenters. The number of aryl methyl sites for hydroxylation is 2. The first-order valence-corrected chi connectivity index (χ1v) is 7.40. The Kier molecular flexibility index (Phi) is 4.47. The second kappa shape index (κ2) is 6.87. The van der Waals surface area contributed by atoms with Gasteiger partial charge in [-0.25, -0.2) is 4.98 Å². The maximum absolute atomic E-state index is 10.5. The van der Waals surface area contributed by atoms with Crippen LogP contribution in [-0.4, -0.2) is 21.4 Å². The molecule has 1 amide bonds. The zero-order valence-electron chi connectivity index (χ0n) is 13.4. The number of rotatable bonds is 5. The summed E-state index contributed by atoms with van der Waals surface area (Å²) in [7, 11) is 0. The third-order valence-corrected chi connectivity index (χ3v) is 3.36. The van der Waals surface area contributed by atoms with Gasteiger partial charge < -0.3 is 10.1 Å². The van der Waals surface area contributed by atoms with Gasteiger partial charge >= 0.3 is 0 Å². The smallest absolute Gasteiger partial charge is 0.212 e. The molecule has 0 fully saturated rings. The van der Waals surface area contributed by atoms with Crippen LogP contribution in [0.5, 0.6) is 11.5 Å². The highest BCUT2D eigenvalue weighted by atomic mass is 16.5. The fourth-order valence-electron chi connectivity index (χ4n) is 2.28. The third kappa shape index (κ3) is 3.55. The van der Waals surface area contributed by atoms with Crippen molar-refractivity contribution in [1.82, 2.24) is 15.0 Å². The molecule has 0 saturated heterocycles. The summed E-state index contributed by atoms with van der Waals surface area (Å²) in [4.78, 5) is 23.4. The Bertz CT molecular complexity index is 866. The Morgan fingerprint density at radius 2 is 2.00 bits per heavy atom. The van der Waals surface area contributed by atoms with Gasteiger partial charge in [-0.05, 0) is 38.1 Å². The minimum atomic E-state index is 0.483. The lowest BCUT2D eigenvalue weighted by atomic mass is 10.2. The molecule has 0 saturated carbocycles. The van der Waals surface area contributed by atoms with E-state index in [9.17, 15) is 4.79 Å². The molecular weight excluding hydrogens is 304 g/mol. The number of hydrogen-bond donors (Lipinski definition) is 1. The monoisotopic (exact) mass is 320 g/mol. The largest absolute Gasteiger partial charge is 0.455 e. The van der Waals surface area contributed by atoms with Gasteiger partial charge in [-0.15, -0.1) is 0 Å². The average Bonchev–Trinajstić information content (AvgIpc) is 2.58. The van der Waals surface area contributed by atoms with Gasteiger partial charge in [-0.2, -0.15) is 0 Å². The standard InChI is InChI=1S/C18H16N4O2/c1-12-8-15(9-16(21-12)14-4-3-7-19-10-14)24-17-5-6-18(20-11-23)22-13(17)2/h3-11H,1-2H3,(H,20,22,23). The molecule has 3 aromatic heterocycles. The molecule has 0 aliphatic carbocycles. The van der Waals surface area contributed by atoms with Crippen LogP contribution in [0, 0.1) is 13.8 Å². The summed E-state index contributed by atoms with van der Waals surface area (Å²) in [5.41, 5.74) is 3.24. The van der Waals surface area contributed by atoms with E-state index in [1.54, 1.807) is 24.5 Å². The molecule has 120 valence electrons. The van der Waals surface area contributed by atoms with Gasteiger partial charge in [0.05, 0.1) is 11.4 Å². The molecular formula is C18H16N4O2. The van der Waals surface area contributed by atoms with Gasteiger partial charge in [0.15, 0.2) is 0 Å². The zero-order valence-corrected chi connectivity index (χ0v) is 13.4. The Morgan fingerprint density at radius 3 is 2.71 bits per heavy atom. The maximum atomic E-state index is 10.5. The van der Waals surface area contributed by atoms with Gasteiger partial charge in [-0.3, -0.25) is 14.8 Å². The number of ether oxygens (including phenoxy) is 1. The molecule has 24 heavy (non-hydrogen) atoms. The second-order valence-electron chi connectivity index (χ2n) is 5.22. The Hall–Kier alpha value is -3.28. The van der Waals surface area contributed by atoms with E-state index >= 15 is 0 Å². The number of carbonyl (C=O) groups excluding carboxylic acids is 1. The van der Waals surface area contributed by atoms with Crippen molar-refractivity contribution in [1.29, 1.82) is 0 Å². The van der Waals surface area contributed by atoms with Gasteiger partial charge in [0.1, 0.15) is 17.3 Å². The second-order valence-corrected chi connectivity index (χ2v) is 5.22. The van der Waals surface area contributed by atoms with Crippen LogP contribution in [0.4, 0.5) is 5.82 Å². The predicted molar refractivity (Wildman–Crippen MR) is 90.9 cm³/mol. The summed E-state index contributed by atoms with van der Waals surface area (Å²) in [6.45, 7) is 3.73. The van der Waals surface area contributed by atoms with E-state index in [1.165, 1.54) is 0 Å². The van der Waals surface area contributed by atoms with Crippen LogP contribution in [0.2, 0.25) is 0 Å². The number of anilines is 1. The van der Waals surface area contributed by atoms with Crippen molar-refractivity contribution in [3.8, 4) is 22.8 Å². The lowest BCUT2D eigenvalue weighted by molar-refractivity contribution is -0.105. The zero-order chi connectivity index (χ0) is 16.9. The topological polar surface area (TPSA) is 77.0 Å². The summed E-state index contributed by atoms with van der Waals surface area (Å²) < 4.78 is 5.95. The van der Waals surface area contributed by atoms with Crippen molar-refractivity contribution in [2.75, 3.05) is 5.32 Å². The lowest BCUT2D eigenvalue weighted by Gasteiger charge is -2.11. The van der Waals surface area contributed by atoms with Crippen LogP contribution in [0.25, 0.3) is 11.3 Å². The first-order valence-electron chi connectivity index (χ1n) is 7.40. The van der Waals surface area contributed by atoms with E-state index < -0.39 is 0 Å². The van der Waals surface area contributed by atoms with Crippen LogP contribution in [0.1, 0.15) is 11.4 Å². The number of aromatic nitrogens is 3. The number of hydrogen-bond acceptors (Lipinski definition) is 5. The molecule has 0 bridgehead atoms. The molecule has 0 unspecified atom stereocenters. The summed E-state index contributed by atoms with van der Waals surface area (Å²) in [5, 5.41) is 2.51. The van der Waals surface area contributed by atoms with Crippen molar-refractivity contribution in [3.05, 3.63) is 60.2 Å². The van der Waals surface area contributed by atoms with E-state index in [0.717, 1.165) is 17.0 Å². The van der Waals surface area contributed by atoms with E-state index in [1.807, 2.05) is 38.1 Å². The van der Waals surface area contributed by atoms with Crippen molar-refractivity contribution in [2.24, 2.45) is 0 Å². The van der Waals surface area contributed by atoms with E-state index in [-0.39, 0.29) is 0 Å². The average molecular weight is 320 g/mol. The number of nitrogens with zero attached hydrogens (tertiary/aromatic N) is 3. The number of carbonyl (C=O) groups is 1. The Morgan fingerprint density at radius 1 is 1.12 bits per heavy atom. The summed E-state index contributed by atoms with van der Waals surface area (Å²) in [5.74, 6) is 1.77. The van der Waals surface area contributed by atoms with Crippen LogP contribution >= 0.6 is 0 Å². The van der Waals surface area contributed by atoms with Crippen LogP contribution < -0.4 is 10.1 Å². The highest BCUT2D eigenvalue weighted by Crippen LogP contribution is 2.28. The molecule has 0 aromatic carbocycles. The molecule has 3 aromatic rings. The molecule has 3 heterocycles. The highest BCUT2D eigenvalue weighted by Gasteiger charge is 2.08. The number of pyridine rings is 3. The maximum Gasteiger partial charge on any atom is 0.212 e. The molecule has 0 spiro atoms. The number of amides is 1. The van der Waals surface area contributed by atoms with Crippen LogP contribution in [0.3, 0.4) is 0 Å². The molecule has 6 heteroatoms.